The first kappa shape index (κ1) is 17.2. The van der Waals surface area contributed by atoms with Gasteiger partial charge >= 0.3 is 0 Å². The van der Waals surface area contributed by atoms with E-state index in [1.165, 1.54) is 4.90 Å². The summed E-state index contributed by atoms with van der Waals surface area (Å²) in [6.45, 7) is 0. The van der Waals surface area contributed by atoms with Crippen LogP contribution in [-0.2, 0) is 15.0 Å². The highest BCUT2D eigenvalue weighted by Crippen LogP contribution is 2.72. The fourth-order valence-corrected chi connectivity index (χ4v) is 5.05. The maximum Gasteiger partial charge on any atom is 0.241 e. The zero-order valence-corrected chi connectivity index (χ0v) is 15.9. The molecule has 3 nitrogen and oxygen atoms in total. The van der Waals surface area contributed by atoms with Crippen LogP contribution >= 0.6 is 11.6 Å². The molecule has 1 aliphatic heterocycles. The second-order valence-corrected chi connectivity index (χ2v) is 8.02. The lowest BCUT2D eigenvalue weighted by Gasteiger charge is -2.23. The number of anilines is 1. The third-order valence-electron chi connectivity index (χ3n) is 6.17. The number of halogens is 1. The topological polar surface area (TPSA) is 37.4 Å². The Labute approximate surface area is 168 Å². The highest BCUT2D eigenvalue weighted by atomic mass is 35.5. The quantitative estimate of drug-likeness (QED) is 0.594. The summed E-state index contributed by atoms with van der Waals surface area (Å²) in [5.74, 6) is -0.298. The van der Waals surface area contributed by atoms with Crippen LogP contribution in [0.5, 0.6) is 0 Å². The van der Waals surface area contributed by atoms with Gasteiger partial charge in [-0.25, -0.2) is 4.90 Å². The smallest absolute Gasteiger partial charge is 0.241 e. The van der Waals surface area contributed by atoms with E-state index >= 15 is 0 Å². The highest BCUT2D eigenvalue weighted by Gasteiger charge is 2.77. The largest absolute Gasteiger partial charge is 0.274 e. The van der Waals surface area contributed by atoms with E-state index in [1.54, 1.807) is 24.3 Å². The molecule has 1 unspecified atom stereocenters. The van der Waals surface area contributed by atoms with Gasteiger partial charge in [-0.05, 0) is 35.7 Å². The molecule has 1 aliphatic carbocycles. The van der Waals surface area contributed by atoms with Crippen molar-refractivity contribution < 1.29 is 9.59 Å². The molecule has 2 fully saturated rings. The van der Waals surface area contributed by atoms with E-state index < -0.39 is 10.8 Å². The van der Waals surface area contributed by atoms with Gasteiger partial charge in [-0.1, -0.05) is 78.3 Å². The molecule has 1 saturated heterocycles. The molecule has 3 aromatic carbocycles. The van der Waals surface area contributed by atoms with Crippen LogP contribution in [-0.4, -0.2) is 11.8 Å². The Kier molecular flexibility index (Phi) is 3.72. The molecule has 2 aliphatic rings. The maximum absolute atomic E-state index is 13.6. The Balaban J connectivity index is 1.64. The average molecular weight is 388 g/mol. The minimum atomic E-state index is -0.741. The summed E-state index contributed by atoms with van der Waals surface area (Å²) < 4.78 is 0. The molecule has 3 aromatic rings. The van der Waals surface area contributed by atoms with Gasteiger partial charge in [0, 0.05) is 16.9 Å². The second kappa shape index (κ2) is 6.05. The van der Waals surface area contributed by atoms with Crippen molar-refractivity contribution in [3.8, 4) is 0 Å². The van der Waals surface area contributed by atoms with Crippen molar-refractivity contribution in [3.63, 3.8) is 0 Å². The van der Waals surface area contributed by atoms with Crippen LogP contribution in [0.1, 0.15) is 24.0 Å². The Hall–Kier alpha value is -2.91. The van der Waals surface area contributed by atoms with E-state index in [0.29, 0.717) is 17.1 Å². The Bertz CT molecular complexity index is 1040. The summed E-state index contributed by atoms with van der Waals surface area (Å²) in [5, 5.41) is 0.507. The Morgan fingerprint density at radius 2 is 1.39 bits per heavy atom. The number of benzene rings is 3. The third-order valence-corrected chi connectivity index (χ3v) is 6.41. The Morgan fingerprint density at radius 3 is 1.96 bits per heavy atom. The van der Waals surface area contributed by atoms with E-state index in [2.05, 4.69) is 24.3 Å². The SMILES string of the molecule is O=C1CC2(CC2(c2ccccc2)c2ccccc2)C(=O)N1c1cccc(Cl)c1. The summed E-state index contributed by atoms with van der Waals surface area (Å²) in [6.07, 6.45) is 0.845. The Morgan fingerprint density at radius 1 is 0.786 bits per heavy atom. The molecule has 0 N–H and O–H groups in total. The number of carbonyl (C=O) groups is 2. The molecular formula is C24H18ClNO2. The van der Waals surface area contributed by atoms with Crippen LogP contribution in [0.15, 0.2) is 84.9 Å². The van der Waals surface area contributed by atoms with Crippen LogP contribution in [0, 0.1) is 5.41 Å². The number of hydrogen-bond acceptors (Lipinski definition) is 2. The molecule has 1 atom stereocenters. The summed E-state index contributed by atoms with van der Waals surface area (Å²) in [4.78, 5) is 27.9. The number of amides is 2. The van der Waals surface area contributed by atoms with Crippen molar-refractivity contribution >= 4 is 29.1 Å². The number of hydrogen-bond donors (Lipinski definition) is 0. The summed E-state index contributed by atoms with van der Waals surface area (Å²) in [7, 11) is 0. The van der Waals surface area contributed by atoms with Gasteiger partial charge in [0.25, 0.3) is 0 Å². The number of nitrogens with zero attached hydrogens (tertiary/aromatic N) is 1. The van der Waals surface area contributed by atoms with Gasteiger partial charge in [0.05, 0.1) is 11.1 Å². The number of rotatable bonds is 3. The van der Waals surface area contributed by atoms with Crippen LogP contribution in [0.4, 0.5) is 5.69 Å². The molecule has 2 amide bonds. The minimum absolute atomic E-state index is 0.132. The number of imide groups is 1. The van der Waals surface area contributed by atoms with Crippen molar-refractivity contribution in [1.29, 1.82) is 0 Å². The van der Waals surface area contributed by atoms with Gasteiger partial charge in [-0.3, -0.25) is 9.59 Å². The fourth-order valence-electron chi connectivity index (χ4n) is 4.87. The van der Waals surface area contributed by atoms with Gasteiger partial charge in [-0.2, -0.15) is 0 Å². The van der Waals surface area contributed by atoms with Crippen molar-refractivity contribution in [1.82, 2.24) is 0 Å². The van der Waals surface area contributed by atoms with Gasteiger partial charge in [0.15, 0.2) is 0 Å². The fraction of sp³-hybridized carbons (Fsp3) is 0.167. The monoisotopic (exact) mass is 387 g/mol. The maximum atomic E-state index is 13.6. The zero-order valence-electron chi connectivity index (χ0n) is 15.1. The van der Waals surface area contributed by atoms with E-state index in [4.69, 9.17) is 11.6 Å². The lowest BCUT2D eigenvalue weighted by Crippen LogP contribution is -2.33. The molecule has 1 spiro atoms. The zero-order chi connectivity index (χ0) is 19.4. The van der Waals surface area contributed by atoms with Crippen molar-refractivity contribution in [3.05, 3.63) is 101 Å². The lowest BCUT2D eigenvalue weighted by atomic mass is 9.79. The molecule has 0 aromatic heterocycles. The van der Waals surface area contributed by atoms with Crippen molar-refractivity contribution in [2.24, 2.45) is 5.41 Å². The average Bonchev–Trinajstić information content (AvgIpc) is 3.33. The second-order valence-electron chi connectivity index (χ2n) is 7.59. The predicted octanol–water partition coefficient (Wildman–Crippen LogP) is 4.98. The first-order valence-corrected chi connectivity index (χ1v) is 9.70. The first-order valence-electron chi connectivity index (χ1n) is 9.32. The van der Waals surface area contributed by atoms with Gasteiger partial charge < -0.3 is 0 Å². The van der Waals surface area contributed by atoms with Crippen LogP contribution in [0.3, 0.4) is 0 Å². The molecule has 1 saturated carbocycles. The molecule has 4 heteroatoms. The summed E-state index contributed by atoms with van der Waals surface area (Å²) in [5.41, 5.74) is 1.48. The molecule has 0 bridgehead atoms. The third kappa shape index (κ3) is 2.23. The van der Waals surface area contributed by atoms with Gasteiger partial charge in [0.1, 0.15) is 0 Å². The lowest BCUT2D eigenvalue weighted by molar-refractivity contribution is -0.123. The van der Waals surface area contributed by atoms with Gasteiger partial charge in [0.2, 0.25) is 11.8 Å². The number of carbonyl (C=O) groups excluding carboxylic acids is 2. The molecule has 28 heavy (non-hydrogen) atoms. The molecule has 1 heterocycles. The van der Waals surface area contributed by atoms with Crippen LogP contribution in [0.25, 0.3) is 0 Å². The molecule has 0 radical (unpaired) electrons. The van der Waals surface area contributed by atoms with E-state index in [9.17, 15) is 9.59 Å². The van der Waals surface area contributed by atoms with E-state index in [0.717, 1.165) is 11.1 Å². The van der Waals surface area contributed by atoms with Crippen LogP contribution < -0.4 is 4.90 Å². The van der Waals surface area contributed by atoms with E-state index in [-0.39, 0.29) is 18.2 Å². The molecule has 138 valence electrons. The van der Waals surface area contributed by atoms with Crippen molar-refractivity contribution in [2.75, 3.05) is 4.90 Å². The summed E-state index contributed by atoms with van der Waals surface area (Å²) in [6, 6.07) is 27.1. The summed E-state index contributed by atoms with van der Waals surface area (Å²) >= 11 is 6.10. The van der Waals surface area contributed by atoms with E-state index in [1.807, 2.05) is 36.4 Å². The normalized spacial score (nSPS) is 22.7. The van der Waals surface area contributed by atoms with Gasteiger partial charge in [-0.15, -0.1) is 0 Å². The molecule has 5 rings (SSSR count). The van der Waals surface area contributed by atoms with Crippen molar-refractivity contribution in [2.45, 2.75) is 18.3 Å². The highest BCUT2D eigenvalue weighted by molar-refractivity contribution is 6.31. The van der Waals surface area contributed by atoms with Crippen LogP contribution in [0.2, 0.25) is 5.02 Å². The predicted molar refractivity (Wildman–Crippen MR) is 109 cm³/mol. The minimum Gasteiger partial charge on any atom is -0.274 e. The standard InChI is InChI=1S/C24H18ClNO2/c25-19-12-7-13-20(14-19)26-21(27)15-23(22(26)28)16-24(23,17-8-3-1-4-9-17)18-10-5-2-6-11-18/h1-14H,15-16H2. The molecular weight excluding hydrogens is 370 g/mol. The first-order chi connectivity index (χ1) is 13.6.